The van der Waals surface area contributed by atoms with Crippen LogP contribution in [0.5, 0.6) is 0 Å². The predicted molar refractivity (Wildman–Crippen MR) is 95.4 cm³/mol. The molecular formula is C17H18ClFIN. The van der Waals surface area contributed by atoms with Gasteiger partial charge in [0.1, 0.15) is 5.82 Å². The van der Waals surface area contributed by atoms with Crippen LogP contribution in [0.3, 0.4) is 0 Å². The summed E-state index contributed by atoms with van der Waals surface area (Å²) in [4.78, 5) is 0. The van der Waals surface area contributed by atoms with E-state index in [9.17, 15) is 4.39 Å². The zero-order chi connectivity index (χ0) is 15.2. The van der Waals surface area contributed by atoms with Gasteiger partial charge in [-0.15, -0.1) is 0 Å². The van der Waals surface area contributed by atoms with Crippen molar-refractivity contribution >= 4 is 34.2 Å². The molecule has 2 rings (SSSR count). The van der Waals surface area contributed by atoms with Crippen LogP contribution in [-0.4, -0.2) is 12.6 Å². The van der Waals surface area contributed by atoms with E-state index in [1.54, 1.807) is 12.1 Å². The van der Waals surface area contributed by atoms with Crippen LogP contribution < -0.4 is 5.32 Å². The summed E-state index contributed by atoms with van der Waals surface area (Å²) in [6, 6.07) is 13.4. The molecule has 0 radical (unpaired) electrons. The normalized spacial score (nSPS) is 12.4. The Labute approximate surface area is 144 Å². The summed E-state index contributed by atoms with van der Waals surface area (Å²) < 4.78 is 15.1. The molecule has 1 unspecified atom stereocenters. The fourth-order valence-electron chi connectivity index (χ4n) is 2.38. The van der Waals surface area contributed by atoms with Crippen LogP contribution in [0.4, 0.5) is 4.39 Å². The lowest BCUT2D eigenvalue weighted by Gasteiger charge is -2.19. The van der Waals surface area contributed by atoms with E-state index >= 15 is 0 Å². The van der Waals surface area contributed by atoms with Crippen molar-refractivity contribution in [3.05, 3.63) is 68.0 Å². The Morgan fingerprint density at radius 3 is 2.48 bits per heavy atom. The number of rotatable bonds is 6. The Hall–Kier alpha value is -0.650. The Morgan fingerprint density at radius 2 is 1.86 bits per heavy atom. The lowest BCUT2D eigenvalue weighted by Crippen LogP contribution is -2.33. The van der Waals surface area contributed by atoms with Crippen molar-refractivity contribution in [2.24, 2.45) is 0 Å². The molecule has 0 fully saturated rings. The quantitative estimate of drug-likeness (QED) is 0.663. The van der Waals surface area contributed by atoms with Crippen LogP contribution >= 0.6 is 34.2 Å². The molecular weight excluding hydrogens is 400 g/mol. The van der Waals surface area contributed by atoms with Gasteiger partial charge >= 0.3 is 0 Å². The first-order valence-corrected chi connectivity index (χ1v) is 8.46. The molecule has 112 valence electrons. The smallest absolute Gasteiger partial charge is 0.127 e. The topological polar surface area (TPSA) is 12.0 Å². The van der Waals surface area contributed by atoms with E-state index in [-0.39, 0.29) is 11.9 Å². The highest BCUT2D eigenvalue weighted by Crippen LogP contribution is 2.21. The Balaban J connectivity index is 2.13. The first-order chi connectivity index (χ1) is 10.1. The van der Waals surface area contributed by atoms with Gasteiger partial charge in [-0.1, -0.05) is 36.7 Å². The Kier molecular flexibility index (Phi) is 6.45. The number of hydrogen-bond acceptors (Lipinski definition) is 1. The second kappa shape index (κ2) is 8.11. The molecule has 0 aromatic heterocycles. The van der Waals surface area contributed by atoms with Gasteiger partial charge in [-0.05, 0) is 71.8 Å². The molecule has 1 atom stereocenters. The maximum absolute atomic E-state index is 13.9. The SMILES string of the molecule is CCNC(Cc1ccc(I)cc1)Cc1c(F)cccc1Cl. The third-order valence-electron chi connectivity index (χ3n) is 3.40. The molecule has 2 aromatic carbocycles. The Bertz CT molecular complexity index is 566. The van der Waals surface area contributed by atoms with Crippen molar-refractivity contribution in [3.63, 3.8) is 0 Å². The molecule has 0 saturated heterocycles. The standard InChI is InChI=1S/C17H18ClFIN/c1-2-21-14(10-12-6-8-13(20)9-7-12)11-15-16(18)4-3-5-17(15)19/h3-9,14,21H,2,10-11H2,1H3. The van der Waals surface area contributed by atoms with Crippen molar-refractivity contribution in [1.82, 2.24) is 5.32 Å². The third kappa shape index (κ3) is 4.94. The van der Waals surface area contributed by atoms with Crippen LogP contribution in [0.15, 0.2) is 42.5 Å². The van der Waals surface area contributed by atoms with Gasteiger partial charge < -0.3 is 5.32 Å². The highest BCUT2D eigenvalue weighted by molar-refractivity contribution is 14.1. The van der Waals surface area contributed by atoms with Crippen molar-refractivity contribution < 1.29 is 4.39 Å². The zero-order valence-electron chi connectivity index (χ0n) is 11.9. The lowest BCUT2D eigenvalue weighted by atomic mass is 9.98. The highest BCUT2D eigenvalue weighted by Gasteiger charge is 2.14. The lowest BCUT2D eigenvalue weighted by molar-refractivity contribution is 0.506. The fourth-order valence-corrected chi connectivity index (χ4v) is 2.98. The molecule has 0 aliphatic carbocycles. The van der Waals surface area contributed by atoms with E-state index < -0.39 is 0 Å². The van der Waals surface area contributed by atoms with E-state index in [2.05, 4.69) is 59.1 Å². The molecule has 1 N–H and O–H groups in total. The van der Waals surface area contributed by atoms with Crippen LogP contribution in [0.1, 0.15) is 18.1 Å². The second-order valence-electron chi connectivity index (χ2n) is 4.99. The number of likely N-dealkylation sites (N-methyl/N-ethyl adjacent to an activating group) is 1. The maximum Gasteiger partial charge on any atom is 0.127 e. The summed E-state index contributed by atoms with van der Waals surface area (Å²) in [5.74, 6) is -0.229. The number of benzene rings is 2. The van der Waals surface area contributed by atoms with Crippen molar-refractivity contribution in [2.75, 3.05) is 6.54 Å². The predicted octanol–water partition coefficient (Wildman–Crippen LogP) is 4.85. The molecule has 0 heterocycles. The minimum absolute atomic E-state index is 0.171. The monoisotopic (exact) mass is 417 g/mol. The number of nitrogens with one attached hydrogen (secondary N) is 1. The second-order valence-corrected chi connectivity index (χ2v) is 6.64. The van der Waals surface area contributed by atoms with Gasteiger partial charge in [0, 0.05) is 20.2 Å². The zero-order valence-corrected chi connectivity index (χ0v) is 14.8. The highest BCUT2D eigenvalue weighted by atomic mass is 127. The van der Waals surface area contributed by atoms with Gasteiger partial charge in [0.25, 0.3) is 0 Å². The van der Waals surface area contributed by atoms with E-state index in [1.165, 1.54) is 15.2 Å². The molecule has 1 nitrogen and oxygen atoms in total. The van der Waals surface area contributed by atoms with E-state index in [4.69, 9.17) is 11.6 Å². The van der Waals surface area contributed by atoms with Gasteiger partial charge in [-0.25, -0.2) is 4.39 Å². The van der Waals surface area contributed by atoms with Gasteiger partial charge in [-0.3, -0.25) is 0 Å². The Morgan fingerprint density at radius 1 is 1.14 bits per heavy atom. The summed E-state index contributed by atoms with van der Waals surface area (Å²) in [6.45, 7) is 2.91. The summed E-state index contributed by atoms with van der Waals surface area (Å²) in [5, 5.41) is 3.92. The molecule has 4 heteroatoms. The summed E-state index contributed by atoms with van der Waals surface area (Å²) >= 11 is 8.42. The van der Waals surface area contributed by atoms with Crippen LogP contribution in [0, 0.1) is 9.39 Å². The van der Waals surface area contributed by atoms with Crippen LogP contribution in [0.25, 0.3) is 0 Å². The number of halogens is 3. The molecule has 0 aliphatic rings. The minimum Gasteiger partial charge on any atom is -0.314 e. The summed E-state index contributed by atoms with van der Waals surface area (Å²) in [7, 11) is 0. The van der Waals surface area contributed by atoms with E-state index in [0.717, 1.165) is 13.0 Å². The summed E-state index contributed by atoms with van der Waals surface area (Å²) in [6.07, 6.45) is 1.45. The molecule has 0 bridgehead atoms. The van der Waals surface area contributed by atoms with Gasteiger partial charge in [0.15, 0.2) is 0 Å². The van der Waals surface area contributed by atoms with E-state index in [1.807, 2.05) is 0 Å². The average Bonchev–Trinajstić information content (AvgIpc) is 2.45. The largest absolute Gasteiger partial charge is 0.314 e. The van der Waals surface area contributed by atoms with Crippen LogP contribution in [0.2, 0.25) is 5.02 Å². The van der Waals surface area contributed by atoms with E-state index in [0.29, 0.717) is 17.0 Å². The molecule has 21 heavy (non-hydrogen) atoms. The fraction of sp³-hybridized carbons (Fsp3) is 0.294. The summed E-state index contributed by atoms with van der Waals surface area (Å²) in [5.41, 5.74) is 1.84. The van der Waals surface area contributed by atoms with Gasteiger partial charge in [0.2, 0.25) is 0 Å². The molecule has 0 amide bonds. The van der Waals surface area contributed by atoms with Crippen molar-refractivity contribution in [1.29, 1.82) is 0 Å². The van der Waals surface area contributed by atoms with Crippen molar-refractivity contribution in [3.8, 4) is 0 Å². The third-order valence-corrected chi connectivity index (χ3v) is 4.47. The maximum atomic E-state index is 13.9. The van der Waals surface area contributed by atoms with Gasteiger partial charge in [-0.2, -0.15) is 0 Å². The van der Waals surface area contributed by atoms with Crippen LogP contribution in [-0.2, 0) is 12.8 Å². The first-order valence-electron chi connectivity index (χ1n) is 7.01. The first kappa shape index (κ1) is 16.7. The molecule has 0 aliphatic heterocycles. The number of hydrogen-bond donors (Lipinski definition) is 1. The molecule has 2 aromatic rings. The van der Waals surface area contributed by atoms with Crippen molar-refractivity contribution in [2.45, 2.75) is 25.8 Å². The minimum atomic E-state index is -0.229. The molecule has 0 spiro atoms. The molecule has 0 saturated carbocycles. The van der Waals surface area contributed by atoms with Gasteiger partial charge in [0.05, 0.1) is 0 Å². The average molecular weight is 418 g/mol.